The van der Waals surface area contributed by atoms with Crippen LogP contribution in [-0.2, 0) is 0 Å². The van der Waals surface area contributed by atoms with Crippen LogP contribution in [0.25, 0.3) is 11.5 Å². The third-order valence-corrected chi connectivity index (χ3v) is 1.86. The highest BCUT2D eigenvalue weighted by Gasteiger charge is 2.06. The summed E-state index contributed by atoms with van der Waals surface area (Å²) in [5.41, 5.74) is 0.756. The maximum absolute atomic E-state index is 5.78. The zero-order valence-electron chi connectivity index (χ0n) is 6.37. The summed E-state index contributed by atoms with van der Waals surface area (Å²) < 4.78 is 4.85. The lowest BCUT2D eigenvalue weighted by molar-refractivity contribution is 0.430. The Hall–Kier alpha value is -1.06. The van der Waals surface area contributed by atoms with Crippen LogP contribution in [0.4, 0.5) is 0 Å². The van der Waals surface area contributed by atoms with E-state index in [4.69, 9.17) is 27.7 Å². The first-order valence-electron chi connectivity index (χ1n) is 3.51. The monoisotopic (exact) mass is 214 g/mol. The zero-order chi connectivity index (χ0) is 9.26. The molecule has 0 spiro atoms. The smallest absolute Gasteiger partial charge is 0.264 e. The van der Waals surface area contributed by atoms with Gasteiger partial charge in [0.2, 0.25) is 0 Å². The predicted molar refractivity (Wildman–Crippen MR) is 49.8 cm³/mol. The maximum atomic E-state index is 5.78. The van der Waals surface area contributed by atoms with Crippen molar-refractivity contribution in [1.29, 1.82) is 0 Å². The molecule has 13 heavy (non-hydrogen) atoms. The number of hydrogen-bond donors (Lipinski definition) is 0. The normalized spacial score (nSPS) is 10.3. The van der Waals surface area contributed by atoms with Crippen molar-refractivity contribution in [2.45, 2.75) is 0 Å². The van der Waals surface area contributed by atoms with E-state index in [9.17, 15) is 0 Å². The molecule has 0 fully saturated rings. The van der Waals surface area contributed by atoms with Crippen LogP contribution in [0.2, 0.25) is 10.3 Å². The number of hydrogen-bond acceptors (Lipinski definition) is 3. The Balaban J connectivity index is 2.46. The minimum Gasteiger partial charge on any atom is -0.333 e. The first-order chi connectivity index (χ1) is 6.25. The summed E-state index contributed by atoms with van der Waals surface area (Å²) in [6.07, 6.45) is 0. The van der Waals surface area contributed by atoms with Crippen molar-refractivity contribution in [3.63, 3.8) is 0 Å². The first-order valence-corrected chi connectivity index (χ1v) is 4.26. The quantitative estimate of drug-likeness (QED) is 0.733. The summed E-state index contributed by atoms with van der Waals surface area (Å²) >= 11 is 11.3. The van der Waals surface area contributed by atoms with Gasteiger partial charge in [0.15, 0.2) is 0 Å². The summed E-state index contributed by atoms with van der Waals surface area (Å²) in [4.78, 5) is 3.85. The van der Waals surface area contributed by atoms with Crippen LogP contribution in [-0.4, -0.2) is 10.1 Å². The number of halogens is 2. The minimum absolute atomic E-state index is 0.0926. The Morgan fingerprint density at radius 1 is 1.23 bits per heavy atom. The van der Waals surface area contributed by atoms with Crippen molar-refractivity contribution in [2.24, 2.45) is 0 Å². The Kier molecular flexibility index (Phi) is 2.20. The van der Waals surface area contributed by atoms with Gasteiger partial charge in [-0.15, -0.1) is 0 Å². The molecule has 1 aromatic heterocycles. The lowest BCUT2D eigenvalue weighted by Crippen LogP contribution is -1.76. The summed E-state index contributed by atoms with van der Waals surface area (Å²) in [5, 5.41) is 4.17. The van der Waals surface area contributed by atoms with Gasteiger partial charge in [0.05, 0.1) is 0 Å². The molecule has 0 saturated carbocycles. The van der Waals surface area contributed by atoms with Gasteiger partial charge >= 0.3 is 0 Å². The molecule has 0 aliphatic heterocycles. The molecule has 1 aromatic carbocycles. The van der Waals surface area contributed by atoms with Gasteiger partial charge in [0, 0.05) is 10.6 Å². The molecule has 0 saturated heterocycles. The topological polar surface area (TPSA) is 38.9 Å². The van der Waals surface area contributed by atoms with Crippen LogP contribution in [0.3, 0.4) is 0 Å². The van der Waals surface area contributed by atoms with E-state index < -0.39 is 0 Å². The number of nitrogens with zero attached hydrogens (tertiary/aromatic N) is 2. The fourth-order valence-corrected chi connectivity index (χ4v) is 1.25. The highest BCUT2D eigenvalue weighted by molar-refractivity contribution is 6.30. The first kappa shape index (κ1) is 8.53. The molecule has 0 aliphatic carbocycles. The Morgan fingerprint density at radius 3 is 2.69 bits per heavy atom. The zero-order valence-corrected chi connectivity index (χ0v) is 7.88. The minimum atomic E-state index is 0.0926. The van der Waals surface area contributed by atoms with Crippen molar-refractivity contribution >= 4 is 23.2 Å². The third kappa shape index (κ3) is 1.82. The lowest BCUT2D eigenvalue weighted by Gasteiger charge is -1.93. The van der Waals surface area contributed by atoms with E-state index in [0.717, 1.165) is 5.56 Å². The SMILES string of the molecule is Clc1cccc(-c2nc(Cl)no2)c1. The van der Waals surface area contributed by atoms with Gasteiger partial charge in [0.25, 0.3) is 11.2 Å². The average Bonchev–Trinajstić information content (AvgIpc) is 2.52. The van der Waals surface area contributed by atoms with Gasteiger partial charge in [-0.3, -0.25) is 0 Å². The van der Waals surface area contributed by atoms with Gasteiger partial charge in [-0.25, -0.2) is 0 Å². The van der Waals surface area contributed by atoms with Gasteiger partial charge < -0.3 is 4.52 Å². The van der Waals surface area contributed by atoms with Crippen molar-refractivity contribution in [2.75, 3.05) is 0 Å². The van der Waals surface area contributed by atoms with E-state index in [1.807, 2.05) is 6.07 Å². The van der Waals surface area contributed by atoms with Crippen LogP contribution in [0.15, 0.2) is 28.8 Å². The molecular weight excluding hydrogens is 211 g/mol. The fourth-order valence-electron chi connectivity index (χ4n) is 0.944. The number of benzene rings is 1. The number of rotatable bonds is 1. The van der Waals surface area contributed by atoms with Crippen molar-refractivity contribution in [3.05, 3.63) is 34.6 Å². The predicted octanol–water partition coefficient (Wildman–Crippen LogP) is 3.04. The molecule has 0 unspecified atom stereocenters. The third-order valence-electron chi connectivity index (χ3n) is 1.47. The molecule has 0 atom stereocenters. The molecule has 0 radical (unpaired) electrons. The molecular formula is C8H4Cl2N2O. The second kappa shape index (κ2) is 3.36. The van der Waals surface area contributed by atoms with E-state index in [0.29, 0.717) is 10.9 Å². The van der Waals surface area contributed by atoms with E-state index in [-0.39, 0.29) is 5.28 Å². The highest BCUT2D eigenvalue weighted by atomic mass is 35.5. The van der Waals surface area contributed by atoms with Crippen LogP contribution < -0.4 is 0 Å². The van der Waals surface area contributed by atoms with Crippen LogP contribution in [0, 0.1) is 0 Å². The molecule has 0 N–H and O–H groups in total. The molecule has 5 heteroatoms. The Labute approximate surface area is 84.3 Å². The van der Waals surface area contributed by atoms with Crippen molar-refractivity contribution in [3.8, 4) is 11.5 Å². The molecule has 2 aromatic rings. The van der Waals surface area contributed by atoms with Gasteiger partial charge in [-0.2, -0.15) is 4.98 Å². The average molecular weight is 215 g/mol. The van der Waals surface area contributed by atoms with Gasteiger partial charge in [0.1, 0.15) is 0 Å². The fraction of sp³-hybridized carbons (Fsp3) is 0. The summed E-state index contributed by atoms with van der Waals surface area (Å²) in [6, 6.07) is 7.11. The lowest BCUT2D eigenvalue weighted by atomic mass is 10.2. The molecule has 3 nitrogen and oxygen atoms in total. The largest absolute Gasteiger partial charge is 0.333 e. The van der Waals surface area contributed by atoms with Crippen LogP contribution in [0.1, 0.15) is 0 Å². The van der Waals surface area contributed by atoms with E-state index in [2.05, 4.69) is 10.1 Å². The van der Waals surface area contributed by atoms with Gasteiger partial charge in [-0.05, 0) is 35.0 Å². The van der Waals surface area contributed by atoms with E-state index in [1.165, 1.54) is 0 Å². The number of aromatic nitrogens is 2. The second-order valence-electron chi connectivity index (χ2n) is 2.38. The Morgan fingerprint density at radius 2 is 2.08 bits per heavy atom. The molecule has 2 rings (SSSR count). The summed E-state index contributed by atoms with van der Waals surface area (Å²) in [7, 11) is 0. The second-order valence-corrected chi connectivity index (χ2v) is 3.15. The molecule has 66 valence electrons. The van der Waals surface area contributed by atoms with E-state index in [1.54, 1.807) is 18.2 Å². The molecule has 1 heterocycles. The van der Waals surface area contributed by atoms with Crippen molar-refractivity contribution in [1.82, 2.24) is 10.1 Å². The maximum Gasteiger partial charge on any atom is 0.264 e. The highest BCUT2D eigenvalue weighted by Crippen LogP contribution is 2.21. The molecule has 0 bridgehead atoms. The van der Waals surface area contributed by atoms with Gasteiger partial charge in [-0.1, -0.05) is 17.7 Å². The van der Waals surface area contributed by atoms with Crippen LogP contribution in [0.5, 0.6) is 0 Å². The van der Waals surface area contributed by atoms with Crippen molar-refractivity contribution < 1.29 is 4.52 Å². The summed E-state index contributed by atoms with van der Waals surface area (Å²) in [5.74, 6) is 0.368. The van der Waals surface area contributed by atoms with E-state index >= 15 is 0 Å². The molecule has 0 aliphatic rings. The molecule has 0 amide bonds. The Bertz CT molecular complexity index is 428. The summed E-state index contributed by atoms with van der Waals surface area (Å²) in [6.45, 7) is 0. The van der Waals surface area contributed by atoms with Crippen LogP contribution >= 0.6 is 23.2 Å². The standard InChI is InChI=1S/C8H4Cl2N2O/c9-6-3-1-2-5(4-6)7-11-8(10)12-13-7/h1-4H.